The van der Waals surface area contributed by atoms with Crippen molar-refractivity contribution in [2.24, 2.45) is 0 Å². The van der Waals surface area contributed by atoms with Crippen molar-refractivity contribution in [1.29, 1.82) is 0 Å². The van der Waals surface area contributed by atoms with E-state index in [0.29, 0.717) is 47.7 Å². The molecule has 178 valence electrons. The van der Waals surface area contributed by atoms with Crippen LogP contribution in [0.25, 0.3) is 10.9 Å². The number of hydrogen-bond acceptors (Lipinski definition) is 7. The van der Waals surface area contributed by atoms with Gasteiger partial charge in [-0.25, -0.2) is 4.98 Å². The van der Waals surface area contributed by atoms with E-state index < -0.39 is 4.92 Å². The number of nitro benzene ring substituents is 1. The highest BCUT2D eigenvalue weighted by molar-refractivity contribution is 7.98. The van der Waals surface area contributed by atoms with Gasteiger partial charge in [-0.15, -0.1) is 0 Å². The van der Waals surface area contributed by atoms with Crippen LogP contribution in [0.3, 0.4) is 0 Å². The molecule has 34 heavy (non-hydrogen) atoms. The van der Waals surface area contributed by atoms with Gasteiger partial charge in [0.15, 0.2) is 5.16 Å². The molecule has 1 aromatic heterocycles. The van der Waals surface area contributed by atoms with Crippen molar-refractivity contribution in [1.82, 2.24) is 14.9 Å². The number of amides is 1. The number of nitrogens with zero attached hydrogens (tertiary/aromatic N) is 3. The summed E-state index contributed by atoms with van der Waals surface area (Å²) in [6, 6.07) is 13.6. The molecule has 9 nitrogen and oxygen atoms in total. The number of non-ortho nitro benzene ring substituents is 1. The molecule has 1 amide bonds. The zero-order valence-electron chi connectivity index (χ0n) is 18.6. The van der Waals surface area contributed by atoms with Gasteiger partial charge in [-0.1, -0.05) is 36.0 Å². The van der Waals surface area contributed by atoms with Crippen LogP contribution < -0.4 is 10.9 Å². The fraction of sp³-hybridized carbons (Fsp3) is 0.375. The number of nitro groups is 1. The average Bonchev–Trinajstić information content (AvgIpc) is 3.37. The van der Waals surface area contributed by atoms with E-state index in [1.807, 2.05) is 12.1 Å². The molecule has 2 heterocycles. The van der Waals surface area contributed by atoms with Crippen LogP contribution in [0.2, 0.25) is 0 Å². The van der Waals surface area contributed by atoms with Gasteiger partial charge in [0.1, 0.15) is 0 Å². The summed E-state index contributed by atoms with van der Waals surface area (Å²) in [5, 5.41) is 15.0. The molecule has 4 rings (SSSR count). The third kappa shape index (κ3) is 6.00. The van der Waals surface area contributed by atoms with Crippen LogP contribution in [0.15, 0.2) is 58.5 Å². The Hall–Kier alpha value is -3.24. The van der Waals surface area contributed by atoms with Crippen molar-refractivity contribution in [3.63, 3.8) is 0 Å². The summed E-state index contributed by atoms with van der Waals surface area (Å²) in [5.41, 5.74) is 1.23. The summed E-state index contributed by atoms with van der Waals surface area (Å²) in [7, 11) is 0. The minimum absolute atomic E-state index is 0.0241. The molecule has 0 saturated carbocycles. The first-order chi connectivity index (χ1) is 16.5. The van der Waals surface area contributed by atoms with E-state index in [0.717, 1.165) is 25.0 Å². The van der Waals surface area contributed by atoms with E-state index in [1.165, 1.54) is 23.9 Å². The molecule has 1 atom stereocenters. The van der Waals surface area contributed by atoms with Crippen LogP contribution in [-0.4, -0.2) is 39.6 Å². The Morgan fingerprint density at radius 1 is 1.26 bits per heavy atom. The van der Waals surface area contributed by atoms with E-state index in [9.17, 15) is 19.7 Å². The Labute approximate surface area is 200 Å². The molecule has 0 spiro atoms. The number of nitrogens with one attached hydrogen (secondary N) is 1. The van der Waals surface area contributed by atoms with Crippen LogP contribution in [0.1, 0.15) is 31.2 Å². The molecule has 1 aliphatic heterocycles. The molecular formula is C24H26N4O5S. The lowest BCUT2D eigenvalue weighted by Gasteiger charge is -2.14. The van der Waals surface area contributed by atoms with Gasteiger partial charge >= 0.3 is 0 Å². The van der Waals surface area contributed by atoms with Crippen LogP contribution >= 0.6 is 11.8 Å². The Bertz CT molecular complexity index is 1240. The number of carbonyl (C=O) groups is 1. The number of ether oxygens (including phenoxy) is 1. The topological polar surface area (TPSA) is 116 Å². The molecule has 2 aromatic carbocycles. The van der Waals surface area contributed by atoms with Crippen molar-refractivity contribution in [2.45, 2.75) is 49.2 Å². The SMILES string of the molecule is O=C(CCCn1c(SCc2cccc([N+](=O)[O-])c2)nc2ccccc2c1=O)NC[C@H]1CCCO1. The van der Waals surface area contributed by atoms with Crippen LogP contribution in [0, 0.1) is 10.1 Å². The molecule has 0 bridgehead atoms. The number of benzene rings is 2. The summed E-state index contributed by atoms with van der Waals surface area (Å²) in [4.78, 5) is 40.7. The molecule has 0 aliphatic carbocycles. The fourth-order valence-corrected chi connectivity index (χ4v) is 4.85. The zero-order valence-corrected chi connectivity index (χ0v) is 19.5. The minimum Gasteiger partial charge on any atom is -0.376 e. The number of aromatic nitrogens is 2. The highest BCUT2D eigenvalue weighted by Gasteiger charge is 2.17. The summed E-state index contributed by atoms with van der Waals surface area (Å²) in [6.07, 6.45) is 2.86. The maximum atomic E-state index is 13.2. The summed E-state index contributed by atoms with van der Waals surface area (Å²) in [5.74, 6) is 0.358. The number of carbonyl (C=O) groups excluding carboxylic acids is 1. The second-order valence-electron chi connectivity index (χ2n) is 8.13. The average molecular weight is 483 g/mol. The first-order valence-corrected chi connectivity index (χ1v) is 12.2. The van der Waals surface area contributed by atoms with Crippen molar-refractivity contribution >= 4 is 34.3 Å². The van der Waals surface area contributed by atoms with E-state index in [4.69, 9.17) is 4.74 Å². The molecule has 1 fully saturated rings. The monoisotopic (exact) mass is 482 g/mol. The quantitative estimate of drug-likeness (QED) is 0.203. The third-order valence-electron chi connectivity index (χ3n) is 5.65. The van der Waals surface area contributed by atoms with Crippen molar-refractivity contribution in [2.75, 3.05) is 13.2 Å². The normalized spacial score (nSPS) is 15.5. The first kappa shape index (κ1) is 23.9. The Morgan fingerprint density at radius 3 is 2.91 bits per heavy atom. The van der Waals surface area contributed by atoms with Gasteiger partial charge in [0.25, 0.3) is 11.2 Å². The van der Waals surface area contributed by atoms with Gasteiger partial charge < -0.3 is 10.1 Å². The predicted molar refractivity (Wildman–Crippen MR) is 130 cm³/mol. The maximum absolute atomic E-state index is 13.2. The van der Waals surface area contributed by atoms with Crippen LogP contribution in [-0.2, 0) is 21.8 Å². The second kappa shape index (κ2) is 11.3. The summed E-state index contributed by atoms with van der Waals surface area (Å²) in [6.45, 7) is 1.61. The molecule has 0 radical (unpaired) electrons. The lowest BCUT2D eigenvalue weighted by Crippen LogP contribution is -2.32. The standard InChI is InChI=1S/C24H26N4O5S/c29-22(25-15-19-8-5-13-33-19)11-4-12-27-23(30)20-9-1-2-10-21(20)26-24(27)34-16-17-6-3-7-18(14-17)28(31)32/h1-3,6-7,9-10,14,19H,4-5,8,11-13,15-16H2,(H,25,29)/t19-/m1/s1. The Morgan fingerprint density at radius 2 is 2.12 bits per heavy atom. The number of hydrogen-bond donors (Lipinski definition) is 1. The van der Waals surface area contributed by atoms with E-state index >= 15 is 0 Å². The lowest BCUT2D eigenvalue weighted by molar-refractivity contribution is -0.384. The molecular weight excluding hydrogens is 456 g/mol. The second-order valence-corrected chi connectivity index (χ2v) is 9.07. The lowest BCUT2D eigenvalue weighted by atomic mass is 10.2. The van der Waals surface area contributed by atoms with Gasteiger partial charge in [-0.05, 0) is 37.0 Å². The highest BCUT2D eigenvalue weighted by atomic mass is 32.2. The van der Waals surface area contributed by atoms with Crippen LogP contribution in [0.5, 0.6) is 0 Å². The summed E-state index contributed by atoms with van der Waals surface area (Å²) >= 11 is 1.35. The van der Waals surface area contributed by atoms with Crippen molar-refractivity contribution in [3.05, 3.63) is 74.6 Å². The highest BCUT2D eigenvalue weighted by Crippen LogP contribution is 2.24. The van der Waals surface area contributed by atoms with Gasteiger partial charge in [0.2, 0.25) is 5.91 Å². The van der Waals surface area contributed by atoms with Crippen molar-refractivity contribution in [3.8, 4) is 0 Å². The third-order valence-corrected chi connectivity index (χ3v) is 6.70. The Kier molecular flexibility index (Phi) is 7.91. The zero-order chi connectivity index (χ0) is 23.9. The van der Waals surface area contributed by atoms with Gasteiger partial charge in [-0.3, -0.25) is 24.3 Å². The minimum atomic E-state index is -0.428. The molecule has 10 heteroatoms. The van der Waals surface area contributed by atoms with Gasteiger partial charge in [0, 0.05) is 44.0 Å². The maximum Gasteiger partial charge on any atom is 0.269 e. The van der Waals surface area contributed by atoms with E-state index in [2.05, 4.69) is 10.3 Å². The van der Waals surface area contributed by atoms with Gasteiger partial charge in [-0.2, -0.15) is 0 Å². The molecule has 1 aliphatic rings. The smallest absolute Gasteiger partial charge is 0.269 e. The molecule has 3 aromatic rings. The number of para-hydroxylation sites is 1. The summed E-state index contributed by atoms with van der Waals surface area (Å²) < 4.78 is 7.12. The largest absolute Gasteiger partial charge is 0.376 e. The number of fused-ring (bicyclic) bond motifs is 1. The number of thioether (sulfide) groups is 1. The predicted octanol–water partition coefficient (Wildman–Crippen LogP) is 3.67. The van der Waals surface area contributed by atoms with E-state index in [-0.39, 0.29) is 23.3 Å². The van der Waals surface area contributed by atoms with E-state index in [1.54, 1.807) is 28.8 Å². The molecule has 0 unspecified atom stereocenters. The molecule has 1 saturated heterocycles. The van der Waals surface area contributed by atoms with Crippen LogP contribution in [0.4, 0.5) is 5.69 Å². The van der Waals surface area contributed by atoms with Crippen molar-refractivity contribution < 1.29 is 14.5 Å². The molecule has 1 N–H and O–H groups in total. The Balaban J connectivity index is 1.46. The number of rotatable bonds is 10. The van der Waals surface area contributed by atoms with Gasteiger partial charge in [0.05, 0.1) is 21.9 Å². The fourth-order valence-electron chi connectivity index (χ4n) is 3.88. The first-order valence-electron chi connectivity index (χ1n) is 11.3.